The highest BCUT2D eigenvalue weighted by atomic mass is 35.5. The largest absolute Gasteiger partial charge is 0.273 e. The molecule has 0 aliphatic heterocycles. The molecular weight excluding hydrogens is 311 g/mol. The van der Waals surface area contributed by atoms with Crippen molar-refractivity contribution in [1.29, 1.82) is 0 Å². The lowest BCUT2D eigenvalue weighted by Crippen LogP contribution is -2.45. The molecule has 1 aromatic carbocycles. The monoisotopic (exact) mass is 328 g/mol. The maximum atomic E-state index is 11.9. The van der Waals surface area contributed by atoms with Crippen molar-refractivity contribution in [1.82, 2.24) is 10.9 Å². The number of hydrogen-bond donors (Lipinski definition) is 2. The number of hydrogen-bond acceptors (Lipinski definition) is 2. The van der Waals surface area contributed by atoms with Crippen LogP contribution in [0.1, 0.15) is 37.7 Å². The zero-order chi connectivity index (χ0) is 15.2. The second-order valence-electron chi connectivity index (χ2n) is 5.30. The van der Waals surface area contributed by atoms with Gasteiger partial charge in [-0.2, -0.15) is 0 Å². The van der Waals surface area contributed by atoms with Gasteiger partial charge >= 0.3 is 0 Å². The van der Waals surface area contributed by atoms with Crippen LogP contribution in [0.4, 0.5) is 0 Å². The summed E-state index contributed by atoms with van der Waals surface area (Å²) < 4.78 is 0. The molecule has 0 bridgehead atoms. The molecule has 0 saturated heterocycles. The lowest BCUT2D eigenvalue weighted by Gasteiger charge is -2.20. The molecular formula is C15H18Cl2N2O2. The van der Waals surface area contributed by atoms with E-state index in [0.717, 1.165) is 31.2 Å². The number of rotatable bonds is 3. The van der Waals surface area contributed by atoms with Crippen LogP contribution in [0.25, 0.3) is 0 Å². The number of carbonyl (C=O) groups is 2. The van der Waals surface area contributed by atoms with Crippen LogP contribution in [-0.4, -0.2) is 11.8 Å². The first-order valence-electron chi connectivity index (χ1n) is 7.09. The van der Waals surface area contributed by atoms with Crippen LogP contribution in [0.2, 0.25) is 10.0 Å². The van der Waals surface area contributed by atoms with Crippen molar-refractivity contribution in [3.8, 4) is 0 Å². The molecule has 1 aliphatic rings. The third-order valence-electron chi connectivity index (χ3n) is 3.65. The molecule has 1 fully saturated rings. The molecule has 114 valence electrons. The average molecular weight is 329 g/mol. The summed E-state index contributed by atoms with van der Waals surface area (Å²) in [5.74, 6) is -0.362. The van der Waals surface area contributed by atoms with Crippen molar-refractivity contribution in [2.75, 3.05) is 0 Å². The minimum atomic E-state index is -0.280. The third kappa shape index (κ3) is 4.90. The van der Waals surface area contributed by atoms with Crippen LogP contribution in [0.5, 0.6) is 0 Å². The highest BCUT2D eigenvalue weighted by molar-refractivity contribution is 6.42. The van der Waals surface area contributed by atoms with Crippen LogP contribution in [0.15, 0.2) is 18.2 Å². The number of halogens is 2. The van der Waals surface area contributed by atoms with E-state index in [1.54, 1.807) is 18.2 Å². The van der Waals surface area contributed by atoms with Crippen LogP contribution >= 0.6 is 23.2 Å². The van der Waals surface area contributed by atoms with Gasteiger partial charge in [0.15, 0.2) is 0 Å². The van der Waals surface area contributed by atoms with Gasteiger partial charge in [0.1, 0.15) is 0 Å². The van der Waals surface area contributed by atoms with E-state index in [1.807, 2.05) is 0 Å². The van der Waals surface area contributed by atoms with Crippen molar-refractivity contribution in [3.05, 3.63) is 33.8 Å². The minimum absolute atomic E-state index is 0.0176. The van der Waals surface area contributed by atoms with Crippen molar-refractivity contribution in [2.24, 2.45) is 5.92 Å². The Bertz CT molecular complexity index is 528. The standard InChI is InChI=1S/C15H18Cl2N2O2/c16-12-7-6-10(8-13(12)17)9-14(20)18-19-15(21)11-4-2-1-3-5-11/h6-8,11H,1-5,9H2,(H,18,20)(H,19,21). The highest BCUT2D eigenvalue weighted by Gasteiger charge is 2.21. The van der Waals surface area contributed by atoms with Crippen LogP contribution in [0.3, 0.4) is 0 Å². The van der Waals surface area contributed by atoms with Gasteiger partial charge in [-0.3, -0.25) is 20.4 Å². The lowest BCUT2D eigenvalue weighted by atomic mass is 9.89. The van der Waals surface area contributed by atoms with Gasteiger partial charge < -0.3 is 0 Å². The summed E-state index contributed by atoms with van der Waals surface area (Å²) in [4.78, 5) is 23.7. The summed E-state index contributed by atoms with van der Waals surface area (Å²) >= 11 is 11.7. The molecule has 1 saturated carbocycles. The SMILES string of the molecule is O=C(Cc1ccc(Cl)c(Cl)c1)NNC(=O)C1CCCCC1. The number of amides is 2. The van der Waals surface area contributed by atoms with Crippen LogP contribution in [0, 0.1) is 5.92 Å². The first kappa shape index (κ1) is 16.1. The molecule has 0 aromatic heterocycles. The predicted molar refractivity (Wildman–Crippen MR) is 83.0 cm³/mol. The number of nitrogens with one attached hydrogen (secondary N) is 2. The summed E-state index contributed by atoms with van der Waals surface area (Å²) in [6, 6.07) is 5.02. The Hall–Kier alpha value is -1.26. The van der Waals surface area contributed by atoms with Crippen LogP contribution < -0.4 is 10.9 Å². The molecule has 2 N–H and O–H groups in total. The number of hydrazine groups is 1. The quantitative estimate of drug-likeness (QED) is 0.836. The van der Waals surface area contributed by atoms with Gasteiger partial charge in [0.2, 0.25) is 11.8 Å². The average Bonchev–Trinajstić information content (AvgIpc) is 2.49. The first-order valence-corrected chi connectivity index (χ1v) is 7.84. The Kier molecular flexibility index (Phi) is 5.88. The summed E-state index contributed by atoms with van der Waals surface area (Å²) in [5.41, 5.74) is 5.69. The summed E-state index contributed by atoms with van der Waals surface area (Å²) in [5, 5.41) is 0.861. The Morgan fingerprint density at radius 2 is 1.76 bits per heavy atom. The minimum Gasteiger partial charge on any atom is -0.273 e. The fourth-order valence-electron chi connectivity index (χ4n) is 2.48. The van der Waals surface area contributed by atoms with Gasteiger partial charge in [-0.15, -0.1) is 0 Å². The van der Waals surface area contributed by atoms with E-state index in [0.29, 0.717) is 10.0 Å². The van der Waals surface area contributed by atoms with E-state index >= 15 is 0 Å². The molecule has 0 unspecified atom stereocenters. The topological polar surface area (TPSA) is 58.2 Å². The van der Waals surface area contributed by atoms with Gasteiger partial charge in [0.25, 0.3) is 0 Å². The Labute approximate surface area is 134 Å². The normalized spacial score (nSPS) is 15.5. The molecule has 0 heterocycles. The van der Waals surface area contributed by atoms with E-state index < -0.39 is 0 Å². The Balaban J connectivity index is 1.78. The van der Waals surface area contributed by atoms with Crippen molar-refractivity contribution in [3.63, 3.8) is 0 Å². The highest BCUT2D eigenvalue weighted by Crippen LogP contribution is 2.24. The molecule has 0 radical (unpaired) electrons. The van der Waals surface area contributed by atoms with E-state index in [-0.39, 0.29) is 24.2 Å². The summed E-state index contributed by atoms with van der Waals surface area (Å²) in [6.45, 7) is 0. The van der Waals surface area contributed by atoms with Gasteiger partial charge in [-0.05, 0) is 30.5 Å². The molecule has 6 heteroatoms. The van der Waals surface area contributed by atoms with Gasteiger partial charge in [0.05, 0.1) is 16.5 Å². The van der Waals surface area contributed by atoms with Gasteiger partial charge in [-0.1, -0.05) is 48.5 Å². The van der Waals surface area contributed by atoms with E-state index in [9.17, 15) is 9.59 Å². The van der Waals surface area contributed by atoms with E-state index in [4.69, 9.17) is 23.2 Å². The van der Waals surface area contributed by atoms with Crippen molar-refractivity contribution in [2.45, 2.75) is 38.5 Å². The maximum Gasteiger partial charge on any atom is 0.242 e. The summed E-state index contributed by atoms with van der Waals surface area (Å²) in [6.07, 6.45) is 5.28. The van der Waals surface area contributed by atoms with Crippen molar-refractivity contribution < 1.29 is 9.59 Å². The molecule has 2 rings (SSSR count). The second kappa shape index (κ2) is 7.66. The zero-order valence-corrected chi connectivity index (χ0v) is 13.1. The Morgan fingerprint density at radius 3 is 2.43 bits per heavy atom. The fraction of sp³-hybridized carbons (Fsp3) is 0.467. The smallest absolute Gasteiger partial charge is 0.242 e. The van der Waals surface area contributed by atoms with Gasteiger partial charge in [0, 0.05) is 5.92 Å². The molecule has 21 heavy (non-hydrogen) atoms. The fourth-order valence-corrected chi connectivity index (χ4v) is 2.80. The predicted octanol–water partition coefficient (Wildman–Crippen LogP) is 3.26. The molecule has 2 amide bonds. The molecule has 1 aromatic rings. The number of benzene rings is 1. The first-order chi connectivity index (χ1) is 10.1. The number of carbonyl (C=O) groups excluding carboxylic acids is 2. The second-order valence-corrected chi connectivity index (χ2v) is 6.11. The van der Waals surface area contributed by atoms with E-state index in [2.05, 4.69) is 10.9 Å². The zero-order valence-electron chi connectivity index (χ0n) is 11.6. The summed E-state index contributed by atoms with van der Waals surface area (Å²) in [7, 11) is 0. The van der Waals surface area contributed by atoms with E-state index in [1.165, 1.54) is 6.42 Å². The lowest BCUT2D eigenvalue weighted by molar-refractivity contribution is -0.131. The maximum absolute atomic E-state index is 11.9. The molecule has 1 aliphatic carbocycles. The molecule has 0 atom stereocenters. The third-order valence-corrected chi connectivity index (χ3v) is 4.39. The molecule has 4 nitrogen and oxygen atoms in total. The Morgan fingerprint density at radius 1 is 1.05 bits per heavy atom. The van der Waals surface area contributed by atoms with Crippen LogP contribution in [-0.2, 0) is 16.0 Å². The van der Waals surface area contributed by atoms with Gasteiger partial charge in [-0.25, -0.2) is 0 Å². The van der Waals surface area contributed by atoms with Crippen molar-refractivity contribution >= 4 is 35.0 Å². The molecule has 0 spiro atoms.